The van der Waals surface area contributed by atoms with Gasteiger partial charge in [-0.05, 0) is 12.1 Å². The highest BCUT2D eigenvalue weighted by molar-refractivity contribution is 7.99. The van der Waals surface area contributed by atoms with Gasteiger partial charge in [-0.25, -0.2) is 8.42 Å². The third-order valence-electron chi connectivity index (χ3n) is 3.40. The Morgan fingerprint density at radius 2 is 1.73 bits per heavy atom. The largest absolute Gasteiger partial charge is 0.255 e. The maximum atomic E-state index is 12.7. The van der Waals surface area contributed by atoms with Crippen LogP contribution in [-0.4, -0.2) is 42.3 Å². The van der Waals surface area contributed by atoms with Crippen LogP contribution in [0.5, 0.6) is 0 Å². The minimum absolute atomic E-state index is 0.00644. The lowest BCUT2D eigenvalue weighted by Gasteiger charge is -2.26. The number of halogens is 3. The monoisotopic (exact) mass is 396 g/mol. The lowest BCUT2D eigenvalue weighted by atomic mass is 10.2. The summed E-state index contributed by atoms with van der Waals surface area (Å²) >= 11 is 20.0. The fourth-order valence-corrected chi connectivity index (χ4v) is 5.65. The smallest absolute Gasteiger partial charge is 0.246 e. The number of hydrogen-bond acceptors (Lipinski definition) is 4. The van der Waals surface area contributed by atoms with Crippen LogP contribution < -0.4 is 0 Å². The molecule has 0 radical (unpaired) electrons. The number of aromatic nitrogens is 1. The average molecular weight is 398 g/mol. The number of hydrogen-bond donors (Lipinski definition) is 0. The molecule has 3 rings (SSSR count). The first-order valence-corrected chi connectivity index (χ1v) is 10.2. The van der Waals surface area contributed by atoms with Crippen molar-refractivity contribution in [3.8, 4) is 0 Å². The summed E-state index contributed by atoms with van der Waals surface area (Å²) in [5.41, 5.74) is 0.507. The summed E-state index contributed by atoms with van der Waals surface area (Å²) in [5.74, 6) is 1.55. The summed E-state index contributed by atoms with van der Waals surface area (Å²) in [4.78, 5) is 4.17. The maximum absolute atomic E-state index is 12.7. The van der Waals surface area contributed by atoms with Crippen LogP contribution in [0, 0.1) is 0 Å². The van der Waals surface area contributed by atoms with Crippen molar-refractivity contribution in [2.45, 2.75) is 4.90 Å². The van der Waals surface area contributed by atoms with Crippen molar-refractivity contribution in [3.05, 3.63) is 33.4 Å². The lowest BCUT2D eigenvalue weighted by Crippen LogP contribution is -2.38. The molecular formula is C13H11Cl3N2O2S2. The summed E-state index contributed by atoms with van der Waals surface area (Å²) in [6.07, 6.45) is 1.28. The molecule has 2 heterocycles. The predicted molar refractivity (Wildman–Crippen MR) is 92.9 cm³/mol. The van der Waals surface area contributed by atoms with Crippen LogP contribution in [0.4, 0.5) is 0 Å². The molecule has 1 aromatic heterocycles. The molecule has 0 bridgehead atoms. The summed E-state index contributed by atoms with van der Waals surface area (Å²) in [6.45, 7) is 0.950. The molecule has 1 aliphatic heterocycles. The molecule has 0 N–H and O–H groups in total. The zero-order valence-corrected chi connectivity index (χ0v) is 15.1. The second-order valence-corrected chi connectivity index (χ2v) is 9.06. The number of sulfonamides is 1. The quantitative estimate of drug-likeness (QED) is 0.770. The normalized spacial score (nSPS) is 17.0. The zero-order valence-electron chi connectivity index (χ0n) is 11.2. The first kappa shape index (κ1) is 16.6. The van der Waals surface area contributed by atoms with Gasteiger partial charge in [-0.1, -0.05) is 34.8 Å². The van der Waals surface area contributed by atoms with Crippen LogP contribution in [0.3, 0.4) is 0 Å². The SMILES string of the molecule is O=S(=O)(c1cnc2cc(Cl)c(Cl)cc2c1Cl)N1CCSCC1. The summed E-state index contributed by atoms with van der Waals surface area (Å²) in [5, 5.41) is 1.26. The molecule has 1 fully saturated rings. The van der Waals surface area contributed by atoms with Crippen molar-refractivity contribution in [1.29, 1.82) is 0 Å². The van der Waals surface area contributed by atoms with E-state index in [0.29, 0.717) is 34.0 Å². The van der Waals surface area contributed by atoms with Gasteiger partial charge in [0.25, 0.3) is 0 Å². The number of pyridine rings is 1. The van der Waals surface area contributed by atoms with E-state index in [1.165, 1.54) is 10.5 Å². The summed E-state index contributed by atoms with van der Waals surface area (Å²) < 4.78 is 26.9. The fourth-order valence-electron chi connectivity index (χ4n) is 2.24. The van der Waals surface area contributed by atoms with E-state index in [1.54, 1.807) is 23.9 Å². The first-order valence-electron chi connectivity index (χ1n) is 6.42. The van der Waals surface area contributed by atoms with Crippen molar-refractivity contribution in [2.24, 2.45) is 0 Å². The van der Waals surface area contributed by atoms with Crippen molar-refractivity contribution in [3.63, 3.8) is 0 Å². The molecule has 9 heteroatoms. The topological polar surface area (TPSA) is 50.3 Å². The Morgan fingerprint density at radius 1 is 1.09 bits per heavy atom. The van der Waals surface area contributed by atoms with E-state index in [2.05, 4.69) is 4.98 Å². The Hall–Kier alpha value is -0.240. The van der Waals surface area contributed by atoms with Gasteiger partial charge in [0.05, 0.1) is 20.6 Å². The standard InChI is InChI=1S/C13H11Cl3N2O2S2/c14-9-5-8-11(6-10(9)15)17-7-12(13(8)16)22(19,20)18-1-3-21-4-2-18/h5-7H,1-4H2. The van der Waals surface area contributed by atoms with Crippen molar-refractivity contribution < 1.29 is 8.42 Å². The Labute approximate surface area is 147 Å². The van der Waals surface area contributed by atoms with Crippen LogP contribution in [0.15, 0.2) is 23.2 Å². The molecule has 1 aromatic carbocycles. The van der Waals surface area contributed by atoms with Crippen LogP contribution in [0.2, 0.25) is 15.1 Å². The fraction of sp³-hybridized carbons (Fsp3) is 0.308. The van der Waals surface area contributed by atoms with Gasteiger partial charge in [-0.2, -0.15) is 16.1 Å². The van der Waals surface area contributed by atoms with Gasteiger partial charge in [0, 0.05) is 36.2 Å². The van der Waals surface area contributed by atoms with E-state index in [-0.39, 0.29) is 9.92 Å². The number of benzene rings is 1. The molecule has 118 valence electrons. The summed E-state index contributed by atoms with van der Waals surface area (Å²) in [7, 11) is -3.66. The van der Waals surface area contributed by atoms with E-state index in [0.717, 1.165) is 11.5 Å². The highest BCUT2D eigenvalue weighted by Crippen LogP contribution is 2.35. The van der Waals surface area contributed by atoms with Gasteiger partial charge in [0.15, 0.2) is 0 Å². The molecule has 0 unspecified atom stereocenters. The van der Waals surface area contributed by atoms with E-state index in [9.17, 15) is 8.42 Å². The van der Waals surface area contributed by atoms with Gasteiger partial charge >= 0.3 is 0 Å². The molecule has 1 aliphatic rings. The molecule has 22 heavy (non-hydrogen) atoms. The summed E-state index contributed by atoms with van der Waals surface area (Å²) in [6, 6.07) is 3.11. The number of rotatable bonds is 2. The highest BCUT2D eigenvalue weighted by Gasteiger charge is 2.29. The Bertz CT molecular complexity index is 837. The molecule has 0 amide bonds. The number of fused-ring (bicyclic) bond motifs is 1. The molecule has 0 aliphatic carbocycles. The second kappa shape index (κ2) is 6.34. The van der Waals surface area contributed by atoms with E-state index < -0.39 is 10.0 Å². The number of thioether (sulfide) groups is 1. The second-order valence-electron chi connectivity index (χ2n) is 4.74. The van der Waals surface area contributed by atoms with E-state index >= 15 is 0 Å². The van der Waals surface area contributed by atoms with Gasteiger partial charge in [0.1, 0.15) is 4.90 Å². The van der Waals surface area contributed by atoms with Crippen LogP contribution in [0.25, 0.3) is 10.9 Å². The van der Waals surface area contributed by atoms with Crippen molar-refractivity contribution in [2.75, 3.05) is 24.6 Å². The van der Waals surface area contributed by atoms with Gasteiger partial charge in [-0.3, -0.25) is 4.98 Å². The van der Waals surface area contributed by atoms with E-state index in [1.807, 2.05) is 0 Å². The lowest BCUT2D eigenvalue weighted by molar-refractivity contribution is 0.443. The molecule has 2 aromatic rings. The Morgan fingerprint density at radius 3 is 2.41 bits per heavy atom. The molecule has 4 nitrogen and oxygen atoms in total. The highest BCUT2D eigenvalue weighted by atomic mass is 35.5. The van der Waals surface area contributed by atoms with Crippen LogP contribution in [-0.2, 0) is 10.0 Å². The minimum Gasteiger partial charge on any atom is -0.255 e. The Kier molecular flexibility index (Phi) is 4.79. The minimum atomic E-state index is -3.66. The predicted octanol–water partition coefficient (Wildman–Crippen LogP) is 3.93. The Balaban J connectivity index is 2.15. The van der Waals surface area contributed by atoms with Gasteiger partial charge in [-0.15, -0.1) is 0 Å². The zero-order chi connectivity index (χ0) is 15.9. The van der Waals surface area contributed by atoms with Gasteiger partial charge in [0.2, 0.25) is 10.0 Å². The molecule has 0 saturated carbocycles. The number of nitrogens with zero attached hydrogens (tertiary/aromatic N) is 2. The third-order valence-corrected chi connectivity index (χ3v) is 7.49. The average Bonchev–Trinajstić information content (AvgIpc) is 2.50. The van der Waals surface area contributed by atoms with Crippen LogP contribution in [0.1, 0.15) is 0 Å². The molecular weight excluding hydrogens is 387 g/mol. The van der Waals surface area contributed by atoms with Crippen molar-refractivity contribution in [1.82, 2.24) is 9.29 Å². The third kappa shape index (κ3) is 2.92. The molecule has 1 saturated heterocycles. The van der Waals surface area contributed by atoms with E-state index in [4.69, 9.17) is 34.8 Å². The maximum Gasteiger partial charge on any atom is 0.246 e. The van der Waals surface area contributed by atoms with Gasteiger partial charge < -0.3 is 0 Å². The molecule has 0 spiro atoms. The first-order chi connectivity index (χ1) is 10.4. The van der Waals surface area contributed by atoms with Crippen LogP contribution >= 0.6 is 46.6 Å². The van der Waals surface area contributed by atoms with Crippen molar-refractivity contribution >= 4 is 67.5 Å². The molecule has 0 atom stereocenters.